The van der Waals surface area contributed by atoms with E-state index in [4.69, 9.17) is 5.11 Å². The molecule has 0 amide bonds. The number of aliphatic hydroxyl groups is 2. The van der Waals surface area contributed by atoms with Crippen LogP contribution in [0.15, 0.2) is 24.3 Å². The van der Waals surface area contributed by atoms with E-state index in [2.05, 4.69) is 0 Å². The van der Waals surface area contributed by atoms with Gasteiger partial charge in [-0.25, -0.2) is 4.39 Å². The van der Waals surface area contributed by atoms with Gasteiger partial charge < -0.3 is 10.2 Å². The minimum atomic E-state index is -0.554. The van der Waals surface area contributed by atoms with E-state index in [0.717, 1.165) is 12.0 Å². The zero-order valence-electron chi connectivity index (χ0n) is 7.99. The highest BCUT2D eigenvalue weighted by Gasteiger charge is 2.06. The minimum absolute atomic E-state index is 0.149. The number of rotatable bonds is 5. The van der Waals surface area contributed by atoms with Crippen LogP contribution in [-0.4, -0.2) is 16.8 Å². The molecule has 0 aliphatic rings. The lowest BCUT2D eigenvalue weighted by atomic mass is 10.0. The number of aliphatic hydroxyl groups excluding tert-OH is 2. The van der Waals surface area contributed by atoms with E-state index < -0.39 is 6.10 Å². The summed E-state index contributed by atoms with van der Waals surface area (Å²) in [5.74, 6) is -0.295. The SMILES string of the molecule is OCCCC[C@H](O)c1ccc(F)cc1. The monoisotopic (exact) mass is 198 g/mol. The van der Waals surface area contributed by atoms with Crippen molar-refractivity contribution >= 4 is 0 Å². The van der Waals surface area contributed by atoms with Crippen LogP contribution in [0.5, 0.6) is 0 Å². The summed E-state index contributed by atoms with van der Waals surface area (Å²) in [6.07, 6.45) is 1.52. The number of unbranched alkanes of at least 4 members (excludes halogenated alkanes) is 1. The van der Waals surface area contributed by atoms with E-state index in [0.29, 0.717) is 12.8 Å². The highest BCUT2D eigenvalue weighted by Crippen LogP contribution is 2.18. The molecule has 0 bridgehead atoms. The van der Waals surface area contributed by atoms with Crippen molar-refractivity contribution in [2.45, 2.75) is 25.4 Å². The Morgan fingerprint density at radius 2 is 1.79 bits per heavy atom. The summed E-state index contributed by atoms with van der Waals surface area (Å²) < 4.78 is 12.5. The van der Waals surface area contributed by atoms with Gasteiger partial charge in [0, 0.05) is 6.61 Å². The van der Waals surface area contributed by atoms with Gasteiger partial charge >= 0.3 is 0 Å². The molecule has 0 aliphatic carbocycles. The van der Waals surface area contributed by atoms with Gasteiger partial charge in [0.05, 0.1) is 6.10 Å². The standard InChI is InChI=1S/C11H15FO2/c12-10-6-4-9(5-7-10)11(14)3-1-2-8-13/h4-7,11,13-14H,1-3,8H2/t11-/m0/s1. The first-order chi connectivity index (χ1) is 6.74. The van der Waals surface area contributed by atoms with Crippen LogP contribution in [-0.2, 0) is 0 Å². The van der Waals surface area contributed by atoms with Crippen molar-refractivity contribution in [2.24, 2.45) is 0 Å². The Morgan fingerprint density at radius 3 is 2.36 bits per heavy atom. The van der Waals surface area contributed by atoms with Crippen molar-refractivity contribution < 1.29 is 14.6 Å². The molecule has 0 unspecified atom stereocenters. The predicted octanol–water partition coefficient (Wildman–Crippen LogP) is 2.02. The molecule has 0 fully saturated rings. The van der Waals surface area contributed by atoms with E-state index in [1.54, 1.807) is 12.1 Å². The largest absolute Gasteiger partial charge is 0.396 e. The Bertz CT molecular complexity index is 258. The van der Waals surface area contributed by atoms with Crippen LogP contribution in [0.1, 0.15) is 30.9 Å². The van der Waals surface area contributed by atoms with Gasteiger partial charge in [-0.05, 0) is 37.0 Å². The molecule has 0 aliphatic heterocycles. The molecule has 0 aromatic heterocycles. The Kier molecular flexibility index (Phi) is 4.56. The number of hydrogen-bond acceptors (Lipinski definition) is 2. The molecule has 0 spiro atoms. The van der Waals surface area contributed by atoms with Crippen molar-refractivity contribution in [3.8, 4) is 0 Å². The Morgan fingerprint density at radius 1 is 1.14 bits per heavy atom. The molecule has 1 rings (SSSR count). The normalized spacial score (nSPS) is 12.8. The maximum absolute atomic E-state index is 12.5. The zero-order valence-corrected chi connectivity index (χ0v) is 7.99. The summed E-state index contributed by atoms with van der Waals surface area (Å²) in [6.45, 7) is 0.149. The second-order valence-electron chi connectivity index (χ2n) is 3.29. The molecular weight excluding hydrogens is 183 g/mol. The third-order valence-corrected chi connectivity index (χ3v) is 2.14. The number of benzene rings is 1. The van der Waals surface area contributed by atoms with Crippen LogP contribution < -0.4 is 0 Å². The fourth-order valence-electron chi connectivity index (χ4n) is 1.30. The van der Waals surface area contributed by atoms with Gasteiger partial charge in [-0.1, -0.05) is 12.1 Å². The molecular formula is C11H15FO2. The predicted molar refractivity (Wildman–Crippen MR) is 52.3 cm³/mol. The van der Waals surface area contributed by atoms with Crippen molar-refractivity contribution in [3.63, 3.8) is 0 Å². The van der Waals surface area contributed by atoms with Gasteiger partial charge in [0.1, 0.15) is 5.82 Å². The lowest BCUT2D eigenvalue weighted by Gasteiger charge is -2.09. The molecule has 0 radical (unpaired) electrons. The lowest BCUT2D eigenvalue weighted by Crippen LogP contribution is -1.98. The average molecular weight is 198 g/mol. The first-order valence-electron chi connectivity index (χ1n) is 4.78. The van der Waals surface area contributed by atoms with Gasteiger partial charge in [-0.15, -0.1) is 0 Å². The van der Waals surface area contributed by atoms with Crippen LogP contribution >= 0.6 is 0 Å². The van der Waals surface area contributed by atoms with Crippen LogP contribution in [0.25, 0.3) is 0 Å². The third kappa shape index (κ3) is 3.44. The second kappa shape index (κ2) is 5.73. The molecule has 2 nitrogen and oxygen atoms in total. The average Bonchev–Trinajstić information content (AvgIpc) is 2.19. The summed E-state index contributed by atoms with van der Waals surface area (Å²) in [4.78, 5) is 0. The lowest BCUT2D eigenvalue weighted by molar-refractivity contribution is 0.159. The Labute approximate surface area is 83.0 Å². The topological polar surface area (TPSA) is 40.5 Å². The summed E-state index contributed by atoms with van der Waals surface area (Å²) in [5, 5.41) is 18.2. The number of halogens is 1. The molecule has 1 atom stereocenters. The van der Waals surface area contributed by atoms with Crippen LogP contribution in [0, 0.1) is 5.82 Å². The van der Waals surface area contributed by atoms with Gasteiger partial charge in [0.2, 0.25) is 0 Å². The molecule has 14 heavy (non-hydrogen) atoms. The van der Waals surface area contributed by atoms with Gasteiger partial charge in [0.25, 0.3) is 0 Å². The van der Waals surface area contributed by atoms with E-state index in [9.17, 15) is 9.50 Å². The van der Waals surface area contributed by atoms with E-state index >= 15 is 0 Å². The van der Waals surface area contributed by atoms with Crippen molar-refractivity contribution in [3.05, 3.63) is 35.6 Å². The maximum atomic E-state index is 12.5. The van der Waals surface area contributed by atoms with Crippen LogP contribution in [0.2, 0.25) is 0 Å². The van der Waals surface area contributed by atoms with E-state index in [-0.39, 0.29) is 12.4 Å². The van der Waals surface area contributed by atoms with E-state index in [1.807, 2.05) is 0 Å². The smallest absolute Gasteiger partial charge is 0.123 e. The highest BCUT2D eigenvalue weighted by molar-refractivity contribution is 5.18. The molecule has 0 saturated heterocycles. The van der Waals surface area contributed by atoms with Gasteiger partial charge in [-0.3, -0.25) is 0 Å². The summed E-state index contributed by atoms with van der Waals surface area (Å²) in [6, 6.07) is 5.84. The highest BCUT2D eigenvalue weighted by atomic mass is 19.1. The van der Waals surface area contributed by atoms with Crippen molar-refractivity contribution in [1.82, 2.24) is 0 Å². The van der Waals surface area contributed by atoms with Crippen LogP contribution in [0.4, 0.5) is 4.39 Å². The maximum Gasteiger partial charge on any atom is 0.123 e. The van der Waals surface area contributed by atoms with Crippen molar-refractivity contribution in [2.75, 3.05) is 6.61 Å². The summed E-state index contributed by atoms with van der Waals surface area (Å²) in [5.41, 5.74) is 0.726. The molecule has 0 heterocycles. The van der Waals surface area contributed by atoms with Gasteiger partial charge in [0.15, 0.2) is 0 Å². The minimum Gasteiger partial charge on any atom is -0.396 e. The molecule has 1 aromatic carbocycles. The molecule has 1 aromatic rings. The molecule has 78 valence electrons. The van der Waals surface area contributed by atoms with Crippen LogP contribution in [0.3, 0.4) is 0 Å². The first-order valence-corrected chi connectivity index (χ1v) is 4.78. The third-order valence-electron chi connectivity index (χ3n) is 2.14. The van der Waals surface area contributed by atoms with Gasteiger partial charge in [-0.2, -0.15) is 0 Å². The molecule has 0 saturated carbocycles. The fraction of sp³-hybridized carbons (Fsp3) is 0.455. The first kappa shape index (κ1) is 11.1. The quantitative estimate of drug-likeness (QED) is 0.710. The molecule has 2 N–H and O–H groups in total. The van der Waals surface area contributed by atoms with Crippen molar-refractivity contribution in [1.29, 1.82) is 0 Å². The fourth-order valence-corrected chi connectivity index (χ4v) is 1.30. The van der Waals surface area contributed by atoms with E-state index in [1.165, 1.54) is 12.1 Å². The summed E-state index contributed by atoms with van der Waals surface area (Å²) >= 11 is 0. The Hall–Kier alpha value is -0.930. The molecule has 3 heteroatoms. The Balaban J connectivity index is 2.43. The summed E-state index contributed by atoms with van der Waals surface area (Å²) in [7, 11) is 0. The number of hydrogen-bond donors (Lipinski definition) is 2. The zero-order chi connectivity index (χ0) is 10.4. The second-order valence-corrected chi connectivity index (χ2v) is 3.29.